The summed E-state index contributed by atoms with van der Waals surface area (Å²) in [6.45, 7) is 2.49. The number of anilines is 1. The molecular weight excluding hydrogens is 310 g/mol. The number of carbonyl (C=O) groups is 2. The number of rotatable bonds is 4. The van der Waals surface area contributed by atoms with Crippen LogP contribution in [0, 0.1) is 6.92 Å². The quantitative estimate of drug-likeness (QED) is 0.718. The van der Waals surface area contributed by atoms with Crippen LogP contribution in [0.3, 0.4) is 0 Å². The SMILES string of the molecule is Cc1ccc(CNC(=O)Nc2ccc3c(C=O)nsc3c2)cc1. The summed E-state index contributed by atoms with van der Waals surface area (Å²) in [6, 6.07) is 13.1. The maximum atomic E-state index is 12.0. The highest BCUT2D eigenvalue weighted by molar-refractivity contribution is 7.13. The third-order valence-corrected chi connectivity index (χ3v) is 4.27. The number of nitrogens with zero attached hydrogens (tertiary/aromatic N) is 1. The van der Waals surface area contributed by atoms with E-state index in [4.69, 9.17) is 0 Å². The Morgan fingerprint density at radius 3 is 2.74 bits per heavy atom. The molecule has 0 atom stereocenters. The monoisotopic (exact) mass is 325 g/mol. The molecule has 23 heavy (non-hydrogen) atoms. The highest BCUT2D eigenvalue weighted by Gasteiger charge is 2.07. The number of aldehydes is 1. The lowest BCUT2D eigenvalue weighted by Gasteiger charge is -2.08. The summed E-state index contributed by atoms with van der Waals surface area (Å²) >= 11 is 1.24. The third kappa shape index (κ3) is 3.54. The Morgan fingerprint density at radius 2 is 2.00 bits per heavy atom. The van der Waals surface area contributed by atoms with Gasteiger partial charge in [0.25, 0.3) is 0 Å². The van der Waals surface area contributed by atoms with E-state index in [9.17, 15) is 9.59 Å². The number of amides is 2. The zero-order chi connectivity index (χ0) is 16.2. The average Bonchev–Trinajstić information content (AvgIpc) is 2.96. The zero-order valence-corrected chi connectivity index (χ0v) is 13.3. The molecule has 6 heteroatoms. The fraction of sp³-hybridized carbons (Fsp3) is 0.118. The number of carbonyl (C=O) groups excluding carboxylic acids is 2. The molecule has 0 saturated carbocycles. The van der Waals surface area contributed by atoms with Gasteiger partial charge in [0.15, 0.2) is 6.29 Å². The molecule has 0 unspecified atom stereocenters. The second kappa shape index (κ2) is 6.58. The summed E-state index contributed by atoms with van der Waals surface area (Å²) in [7, 11) is 0. The molecule has 5 nitrogen and oxygen atoms in total. The maximum Gasteiger partial charge on any atom is 0.319 e. The highest BCUT2D eigenvalue weighted by atomic mass is 32.1. The number of hydrogen-bond donors (Lipinski definition) is 2. The van der Waals surface area contributed by atoms with E-state index in [-0.39, 0.29) is 6.03 Å². The number of benzene rings is 2. The predicted molar refractivity (Wildman–Crippen MR) is 92.0 cm³/mol. The van der Waals surface area contributed by atoms with Crippen molar-refractivity contribution in [3.63, 3.8) is 0 Å². The van der Waals surface area contributed by atoms with Crippen LogP contribution in [0.1, 0.15) is 21.6 Å². The first-order valence-corrected chi connectivity index (χ1v) is 7.88. The van der Waals surface area contributed by atoms with Crippen molar-refractivity contribution < 1.29 is 9.59 Å². The zero-order valence-electron chi connectivity index (χ0n) is 12.5. The summed E-state index contributed by atoms with van der Waals surface area (Å²) in [5.41, 5.74) is 3.32. The van der Waals surface area contributed by atoms with E-state index in [1.54, 1.807) is 12.1 Å². The Morgan fingerprint density at radius 1 is 1.22 bits per heavy atom. The minimum absolute atomic E-state index is 0.273. The molecule has 3 aromatic rings. The summed E-state index contributed by atoms with van der Waals surface area (Å²) in [4.78, 5) is 22.8. The standard InChI is InChI=1S/C17H15N3O2S/c1-11-2-4-12(5-3-11)9-18-17(22)19-13-6-7-14-15(10-21)20-23-16(14)8-13/h2-8,10H,9H2,1H3,(H2,18,19,22). The fourth-order valence-corrected chi connectivity index (χ4v) is 2.97. The first kappa shape index (κ1) is 15.2. The molecule has 0 saturated heterocycles. The van der Waals surface area contributed by atoms with E-state index in [1.807, 2.05) is 37.3 Å². The van der Waals surface area contributed by atoms with Crippen LogP contribution in [0.2, 0.25) is 0 Å². The van der Waals surface area contributed by atoms with E-state index in [1.165, 1.54) is 17.1 Å². The molecule has 2 aromatic carbocycles. The van der Waals surface area contributed by atoms with Crippen molar-refractivity contribution in [3.05, 3.63) is 59.3 Å². The smallest absolute Gasteiger partial charge is 0.319 e. The van der Waals surface area contributed by atoms with Gasteiger partial charge in [0.05, 0.1) is 4.70 Å². The molecule has 0 aliphatic rings. The van der Waals surface area contributed by atoms with Crippen molar-refractivity contribution in [1.29, 1.82) is 0 Å². The van der Waals surface area contributed by atoms with Crippen molar-refractivity contribution in [2.45, 2.75) is 13.5 Å². The Labute approximate surface area is 137 Å². The van der Waals surface area contributed by atoms with Crippen LogP contribution in [0.15, 0.2) is 42.5 Å². The van der Waals surface area contributed by atoms with Crippen LogP contribution in [0.4, 0.5) is 10.5 Å². The lowest BCUT2D eigenvalue weighted by Crippen LogP contribution is -2.28. The number of aryl methyl sites for hydroxylation is 1. The summed E-state index contributed by atoms with van der Waals surface area (Å²) < 4.78 is 4.93. The second-order valence-corrected chi connectivity index (χ2v) is 5.99. The van der Waals surface area contributed by atoms with Crippen LogP contribution in [0.5, 0.6) is 0 Å². The molecule has 0 aliphatic carbocycles. The van der Waals surface area contributed by atoms with Crippen LogP contribution in [-0.2, 0) is 6.54 Å². The Hall–Kier alpha value is -2.73. The lowest BCUT2D eigenvalue weighted by atomic mass is 10.1. The first-order chi connectivity index (χ1) is 11.2. The van der Waals surface area contributed by atoms with E-state index in [0.717, 1.165) is 21.9 Å². The molecule has 0 fully saturated rings. The van der Waals surface area contributed by atoms with Crippen molar-refractivity contribution in [2.24, 2.45) is 0 Å². The fourth-order valence-electron chi connectivity index (χ4n) is 2.18. The first-order valence-electron chi connectivity index (χ1n) is 7.11. The van der Waals surface area contributed by atoms with Gasteiger partial charge in [-0.05, 0) is 42.2 Å². The van der Waals surface area contributed by atoms with Crippen LogP contribution in [-0.4, -0.2) is 16.7 Å². The van der Waals surface area contributed by atoms with Gasteiger partial charge in [-0.1, -0.05) is 29.8 Å². The molecule has 2 amide bonds. The topological polar surface area (TPSA) is 71.1 Å². The molecule has 3 rings (SSSR count). The van der Waals surface area contributed by atoms with Crippen LogP contribution in [0.25, 0.3) is 10.1 Å². The van der Waals surface area contributed by atoms with Gasteiger partial charge in [-0.3, -0.25) is 4.79 Å². The Bertz CT molecular complexity index is 856. The van der Waals surface area contributed by atoms with Gasteiger partial charge in [0.2, 0.25) is 0 Å². The Kier molecular flexibility index (Phi) is 4.34. The molecule has 0 radical (unpaired) electrons. The van der Waals surface area contributed by atoms with Crippen molar-refractivity contribution in [1.82, 2.24) is 9.69 Å². The molecule has 2 N–H and O–H groups in total. The van der Waals surface area contributed by atoms with Crippen molar-refractivity contribution in [2.75, 3.05) is 5.32 Å². The van der Waals surface area contributed by atoms with Gasteiger partial charge >= 0.3 is 6.03 Å². The lowest BCUT2D eigenvalue weighted by molar-refractivity contribution is 0.112. The van der Waals surface area contributed by atoms with E-state index in [2.05, 4.69) is 15.0 Å². The molecule has 1 heterocycles. The van der Waals surface area contributed by atoms with E-state index >= 15 is 0 Å². The number of nitrogens with one attached hydrogen (secondary N) is 2. The number of aromatic nitrogens is 1. The largest absolute Gasteiger partial charge is 0.334 e. The van der Waals surface area contributed by atoms with Crippen LogP contribution < -0.4 is 10.6 Å². The molecule has 116 valence electrons. The van der Waals surface area contributed by atoms with E-state index < -0.39 is 0 Å². The van der Waals surface area contributed by atoms with Gasteiger partial charge < -0.3 is 10.6 Å². The third-order valence-electron chi connectivity index (χ3n) is 3.44. The number of hydrogen-bond acceptors (Lipinski definition) is 4. The molecule has 1 aromatic heterocycles. The van der Waals surface area contributed by atoms with Gasteiger partial charge in [0.1, 0.15) is 5.69 Å². The predicted octanol–water partition coefficient (Wildman–Crippen LogP) is 3.74. The molecular formula is C17H15N3O2S. The molecule has 0 bridgehead atoms. The maximum absolute atomic E-state index is 12.0. The minimum Gasteiger partial charge on any atom is -0.334 e. The molecule has 0 aliphatic heterocycles. The van der Waals surface area contributed by atoms with E-state index in [0.29, 0.717) is 17.9 Å². The van der Waals surface area contributed by atoms with Gasteiger partial charge in [-0.2, -0.15) is 4.37 Å². The summed E-state index contributed by atoms with van der Waals surface area (Å²) in [5.74, 6) is 0. The van der Waals surface area contributed by atoms with Gasteiger partial charge in [-0.25, -0.2) is 4.79 Å². The minimum atomic E-state index is -0.273. The van der Waals surface area contributed by atoms with Gasteiger partial charge in [-0.15, -0.1) is 0 Å². The number of urea groups is 1. The van der Waals surface area contributed by atoms with Crippen LogP contribution >= 0.6 is 11.5 Å². The van der Waals surface area contributed by atoms with Crippen molar-refractivity contribution >= 4 is 39.6 Å². The summed E-state index contributed by atoms with van der Waals surface area (Å²) in [5, 5.41) is 6.40. The summed E-state index contributed by atoms with van der Waals surface area (Å²) in [6.07, 6.45) is 0.736. The molecule has 0 spiro atoms. The second-order valence-electron chi connectivity index (χ2n) is 5.19. The normalized spacial score (nSPS) is 10.5. The highest BCUT2D eigenvalue weighted by Crippen LogP contribution is 2.25. The Balaban J connectivity index is 1.63. The average molecular weight is 325 g/mol. The van der Waals surface area contributed by atoms with Crippen molar-refractivity contribution in [3.8, 4) is 0 Å². The van der Waals surface area contributed by atoms with Gasteiger partial charge in [0, 0.05) is 17.6 Å². The number of fused-ring (bicyclic) bond motifs is 1.